The average molecular weight is 380 g/mol. The van der Waals surface area contributed by atoms with Gasteiger partial charge in [-0.3, -0.25) is 4.79 Å². The Balaban J connectivity index is 2.00. The van der Waals surface area contributed by atoms with Crippen molar-refractivity contribution in [1.29, 1.82) is 0 Å². The fourth-order valence-corrected chi connectivity index (χ4v) is 5.58. The average Bonchev–Trinajstić information content (AvgIpc) is 2.88. The third kappa shape index (κ3) is 2.92. The number of aliphatic hydroxyl groups is 2. The van der Waals surface area contributed by atoms with Crippen molar-refractivity contribution in [2.24, 2.45) is 16.7 Å². The molecule has 2 fully saturated rings. The molecule has 0 aromatic rings. The molecule has 3 rings (SSSR count). The van der Waals surface area contributed by atoms with Crippen molar-refractivity contribution in [3.05, 3.63) is 11.6 Å². The maximum Gasteiger partial charge on any atom is 0.343 e. The molecule has 0 amide bonds. The first-order valence-electron chi connectivity index (χ1n) is 10.1. The number of hydrogen-bond donors (Lipinski definition) is 2. The Morgan fingerprint density at radius 1 is 1.33 bits per heavy atom. The zero-order valence-electron chi connectivity index (χ0n) is 16.8. The van der Waals surface area contributed by atoms with E-state index >= 15 is 0 Å². The van der Waals surface area contributed by atoms with E-state index in [0.717, 1.165) is 19.3 Å². The van der Waals surface area contributed by atoms with Gasteiger partial charge in [-0.2, -0.15) is 0 Å². The number of cyclic esters (lactones) is 1. The number of rotatable bonds is 5. The lowest BCUT2D eigenvalue weighted by Gasteiger charge is -2.60. The van der Waals surface area contributed by atoms with E-state index in [9.17, 15) is 19.8 Å². The second-order valence-corrected chi connectivity index (χ2v) is 9.19. The maximum absolute atomic E-state index is 12.5. The molecule has 6 nitrogen and oxygen atoms in total. The van der Waals surface area contributed by atoms with E-state index in [-0.39, 0.29) is 18.0 Å². The summed E-state index contributed by atoms with van der Waals surface area (Å²) < 4.78 is 11.0. The molecule has 1 heterocycles. The minimum Gasteiger partial charge on any atom is -0.459 e. The summed E-state index contributed by atoms with van der Waals surface area (Å²) in [5.41, 5.74) is -2.99. The van der Waals surface area contributed by atoms with Gasteiger partial charge in [-0.25, -0.2) is 4.79 Å². The smallest absolute Gasteiger partial charge is 0.343 e. The van der Waals surface area contributed by atoms with Gasteiger partial charge in [0, 0.05) is 23.3 Å². The number of aliphatic hydroxyl groups excluding tert-OH is 1. The molecule has 1 aliphatic heterocycles. The highest BCUT2D eigenvalue weighted by molar-refractivity contribution is 5.88. The molecule has 1 saturated heterocycles. The summed E-state index contributed by atoms with van der Waals surface area (Å²) in [5.74, 6) is -1.40. The van der Waals surface area contributed by atoms with Gasteiger partial charge < -0.3 is 19.7 Å². The minimum atomic E-state index is -1.88. The fourth-order valence-electron chi connectivity index (χ4n) is 5.58. The van der Waals surface area contributed by atoms with Crippen LogP contribution in [-0.4, -0.2) is 46.6 Å². The summed E-state index contributed by atoms with van der Waals surface area (Å²) in [6, 6.07) is 0. The summed E-state index contributed by atoms with van der Waals surface area (Å²) >= 11 is 0. The lowest BCUT2D eigenvalue weighted by atomic mass is 9.45. The summed E-state index contributed by atoms with van der Waals surface area (Å²) in [7, 11) is 0. The van der Waals surface area contributed by atoms with Crippen molar-refractivity contribution >= 4 is 11.9 Å². The number of ether oxygens (including phenoxy) is 2. The van der Waals surface area contributed by atoms with Gasteiger partial charge in [-0.1, -0.05) is 40.5 Å². The number of fused-ring (bicyclic) bond motifs is 3. The Morgan fingerprint density at radius 2 is 2.04 bits per heavy atom. The highest BCUT2D eigenvalue weighted by Crippen LogP contribution is 2.63. The second kappa shape index (κ2) is 6.89. The SMILES string of the molecule is CCCCCC(=O)O[C@H]1C=C2COC(=O)[C@]2(O)[C@@]2(C)[C@@H](O)CCC(C)(C)[C@H]12. The molecular formula is C21H32O6. The summed E-state index contributed by atoms with van der Waals surface area (Å²) in [4.78, 5) is 24.9. The largest absolute Gasteiger partial charge is 0.459 e. The van der Waals surface area contributed by atoms with Crippen LogP contribution in [0.5, 0.6) is 0 Å². The van der Waals surface area contributed by atoms with E-state index in [1.165, 1.54) is 0 Å². The number of carbonyl (C=O) groups is 2. The van der Waals surface area contributed by atoms with Crippen LogP contribution in [0.3, 0.4) is 0 Å². The van der Waals surface area contributed by atoms with Crippen molar-refractivity contribution < 1.29 is 29.3 Å². The summed E-state index contributed by atoms with van der Waals surface area (Å²) in [6.07, 6.45) is 4.50. The molecule has 3 aliphatic rings. The van der Waals surface area contributed by atoms with Gasteiger partial charge >= 0.3 is 11.9 Å². The zero-order chi connectivity index (χ0) is 20.0. The number of esters is 2. The first-order valence-corrected chi connectivity index (χ1v) is 10.1. The van der Waals surface area contributed by atoms with Crippen LogP contribution in [0.1, 0.15) is 66.2 Å². The van der Waals surface area contributed by atoms with Gasteiger partial charge in [0.05, 0.1) is 6.10 Å². The maximum atomic E-state index is 12.5. The highest BCUT2D eigenvalue weighted by atomic mass is 16.6. The fraction of sp³-hybridized carbons (Fsp3) is 0.810. The van der Waals surface area contributed by atoms with Crippen LogP contribution >= 0.6 is 0 Å². The van der Waals surface area contributed by atoms with Crippen LogP contribution in [0, 0.1) is 16.7 Å². The molecule has 1 saturated carbocycles. The van der Waals surface area contributed by atoms with Gasteiger partial charge in [0.2, 0.25) is 0 Å². The van der Waals surface area contributed by atoms with Crippen LogP contribution in [-0.2, 0) is 19.1 Å². The summed E-state index contributed by atoms with van der Waals surface area (Å²) in [5, 5.41) is 22.3. The molecule has 152 valence electrons. The third-order valence-electron chi connectivity index (χ3n) is 7.09. The van der Waals surface area contributed by atoms with E-state index in [4.69, 9.17) is 9.47 Å². The van der Waals surface area contributed by atoms with Crippen LogP contribution in [0.15, 0.2) is 11.6 Å². The minimum absolute atomic E-state index is 0.0331. The van der Waals surface area contributed by atoms with E-state index in [1.807, 2.05) is 13.8 Å². The molecule has 0 unspecified atom stereocenters. The number of hydrogen-bond acceptors (Lipinski definition) is 6. The summed E-state index contributed by atoms with van der Waals surface area (Å²) in [6.45, 7) is 7.87. The van der Waals surface area contributed by atoms with Crippen molar-refractivity contribution in [2.45, 2.75) is 84.0 Å². The molecule has 0 aromatic heterocycles. The van der Waals surface area contributed by atoms with E-state index in [0.29, 0.717) is 24.8 Å². The van der Waals surface area contributed by atoms with Gasteiger partial charge in [-0.05, 0) is 30.8 Å². The Morgan fingerprint density at radius 3 is 2.70 bits per heavy atom. The molecule has 27 heavy (non-hydrogen) atoms. The molecule has 0 spiro atoms. The van der Waals surface area contributed by atoms with Gasteiger partial charge in [-0.15, -0.1) is 0 Å². The quantitative estimate of drug-likeness (QED) is 0.432. The van der Waals surface area contributed by atoms with Crippen molar-refractivity contribution in [1.82, 2.24) is 0 Å². The van der Waals surface area contributed by atoms with Gasteiger partial charge in [0.1, 0.15) is 12.7 Å². The standard InChI is InChI=1S/C21H32O6/c1-5-6-7-8-16(23)27-14-11-13-12-26-18(24)21(13,25)20(4)15(22)9-10-19(2,3)17(14)20/h11,14-15,17,22,25H,5-10,12H2,1-4H3/t14-,15-,17-,20-,21-/m0/s1. The van der Waals surface area contributed by atoms with E-state index < -0.39 is 35.1 Å². The molecule has 0 radical (unpaired) electrons. The van der Waals surface area contributed by atoms with Gasteiger partial charge in [0.15, 0.2) is 5.60 Å². The van der Waals surface area contributed by atoms with E-state index in [1.54, 1.807) is 13.0 Å². The van der Waals surface area contributed by atoms with Crippen LogP contribution in [0.25, 0.3) is 0 Å². The number of carbonyl (C=O) groups excluding carboxylic acids is 2. The monoisotopic (exact) mass is 380 g/mol. The zero-order valence-corrected chi connectivity index (χ0v) is 16.8. The topological polar surface area (TPSA) is 93.1 Å². The predicted molar refractivity (Wildman–Crippen MR) is 98.6 cm³/mol. The molecule has 5 atom stereocenters. The van der Waals surface area contributed by atoms with Crippen LogP contribution < -0.4 is 0 Å². The highest BCUT2D eigenvalue weighted by Gasteiger charge is 2.72. The molecule has 2 aliphatic carbocycles. The Kier molecular flexibility index (Phi) is 5.19. The van der Waals surface area contributed by atoms with Crippen molar-refractivity contribution in [3.63, 3.8) is 0 Å². The van der Waals surface area contributed by atoms with Crippen LogP contribution in [0.4, 0.5) is 0 Å². The molecule has 6 heteroatoms. The second-order valence-electron chi connectivity index (χ2n) is 9.19. The first kappa shape index (κ1) is 20.3. The molecule has 2 N–H and O–H groups in total. The van der Waals surface area contributed by atoms with Gasteiger partial charge in [0.25, 0.3) is 0 Å². The Hall–Kier alpha value is -1.40. The Bertz CT molecular complexity index is 653. The molecular weight excluding hydrogens is 348 g/mol. The van der Waals surface area contributed by atoms with Crippen LogP contribution in [0.2, 0.25) is 0 Å². The lowest BCUT2D eigenvalue weighted by molar-refractivity contribution is -0.225. The molecule has 0 aromatic carbocycles. The van der Waals surface area contributed by atoms with Crippen molar-refractivity contribution in [3.8, 4) is 0 Å². The van der Waals surface area contributed by atoms with E-state index in [2.05, 4.69) is 6.92 Å². The predicted octanol–water partition coefficient (Wildman–Crippen LogP) is 2.51. The Labute approximate surface area is 160 Å². The normalized spacial score (nSPS) is 39.9. The third-order valence-corrected chi connectivity index (χ3v) is 7.09. The van der Waals surface area contributed by atoms with Crippen molar-refractivity contribution in [2.75, 3.05) is 6.61 Å². The lowest BCUT2D eigenvalue weighted by Crippen LogP contribution is -2.69. The first-order chi connectivity index (χ1) is 12.6. The number of unbranched alkanes of at least 4 members (excludes halogenated alkanes) is 2. The molecule has 0 bridgehead atoms.